The zero-order chi connectivity index (χ0) is 18.8. The summed E-state index contributed by atoms with van der Waals surface area (Å²) in [5, 5.41) is 12.3. The van der Waals surface area contributed by atoms with E-state index in [-0.39, 0.29) is 17.5 Å². The van der Waals surface area contributed by atoms with Gasteiger partial charge in [-0.15, -0.1) is 0 Å². The lowest BCUT2D eigenvalue weighted by Crippen LogP contribution is -2.41. The van der Waals surface area contributed by atoms with Crippen molar-refractivity contribution in [3.8, 4) is 6.07 Å². The molecule has 0 spiro atoms. The number of ether oxygens (including phenoxy) is 1. The van der Waals surface area contributed by atoms with Crippen LogP contribution < -0.4 is 5.32 Å². The third kappa shape index (κ3) is 6.51. The highest BCUT2D eigenvalue weighted by Crippen LogP contribution is 2.10. The summed E-state index contributed by atoms with van der Waals surface area (Å²) in [6.07, 6.45) is 1.67. The minimum atomic E-state index is -0.320. The Bertz CT molecular complexity index is 631. The third-order valence-corrected chi connectivity index (χ3v) is 4.35. The van der Waals surface area contributed by atoms with Crippen molar-refractivity contribution in [2.45, 2.75) is 26.4 Å². The average Bonchev–Trinajstić information content (AvgIpc) is 2.66. The summed E-state index contributed by atoms with van der Waals surface area (Å²) in [5.41, 5.74) is 1.28. The van der Waals surface area contributed by atoms with Gasteiger partial charge in [-0.05, 0) is 19.4 Å². The van der Waals surface area contributed by atoms with Gasteiger partial charge in [0.15, 0.2) is 0 Å². The largest absolute Gasteiger partial charge is 0.379 e. The summed E-state index contributed by atoms with van der Waals surface area (Å²) in [5.74, 6) is -0.320. The summed E-state index contributed by atoms with van der Waals surface area (Å²) in [4.78, 5) is 16.6. The van der Waals surface area contributed by atoms with Gasteiger partial charge >= 0.3 is 0 Å². The quantitative estimate of drug-likeness (QED) is 0.568. The first-order chi connectivity index (χ1) is 12.6. The first kappa shape index (κ1) is 20.0. The van der Waals surface area contributed by atoms with Gasteiger partial charge in [-0.1, -0.05) is 30.3 Å². The molecule has 2 rings (SSSR count). The number of nitrogens with zero attached hydrogens (tertiary/aromatic N) is 3. The zero-order valence-corrected chi connectivity index (χ0v) is 15.6. The lowest BCUT2D eigenvalue weighted by Gasteiger charge is -2.27. The summed E-state index contributed by atoms with van der Waals surface area (Å²) >= 11 is 0. The normalized spacial score (nSPS) is 15.5. The Kier molecular flexibility index (Phi) is 8.13. The molecule has 6 heteroatoms. The van der Waals surface area contributed by atoms with Gasteiger partial charge in [0.1, 0.15) is 11.6 Å². The molecule has 1 aliphatic rings. The second-order valence-electron chi connectivity index (χ2n) is 6.62. The molecular formula is C20H28N4O2. The molecular weight excluding hydrogens is 328 g/mol. The topological polar surface area (TPSA) is 68.6 Å². The average molecular weight is 356 g/mol. The van der Waals surface area contributed by atoms with Gasteiger partial charge in [-0.25, -0.2) is 0 Å². The maximum Gasteiger partial charge on any atom is 0.263 e. The second kappa shape index (κ2) is 10.6. The van der Waals surface area contributed by atoms with Crippen molar-refractivity contribution in [1.82, 2.24) is 15.1 Å². The van der Waals surface area contributed by atoms with E-state index in [1.807, 2.05) is 55.1 Å². The predicted octanol–water partition coefficient (Wildman–Crippen LogP) is 1.75. The minimum absolute atomic E-state index is 0.136. The number of benzene rings is 1. The second-order valence-corrected chi connectivity index (χ2v) is 6.62. The van der Waals surface area contributed by atoms with Crippen molar-refractivity contribution in [2.24, 2.45) is 0 Å². The molecule has 0 radical (unpaired) electrons. The Morgan fingerprint density at radius 1 is 1.35 bits per heavy atom. The van der Waals surface area contributed by atoms with Crippen molar-refractivity contribution in [2.75, 3.05) is 39.4 Å². The smallest absolute Gasteiger partial charge is 0.263 e. The molecule has 0 unspecified atom stereocenters. The zero-order valence-electron chi connectivity index (χ0n) is 15.6. The number of nitriles is 1. The molecule has 1 N–H and O–H groups in total. The molecule has 1 fully saturated rings. The Morgan fingerprint density at radius 3 is 2.65 bits per heavy atom. The fraction of sp³-hybridized carbons (Fsp3) is 0.500. The summed E-state index contributed by atoms with van der Waals surface area (Å²) in [6, 6.07) is 12.2. The Labute approximate surface area is 156 Å². The van der Waals surface area contributed by atoms with E-state index in [4.69, 9.17) is 4.74 Å². The van der Waals surface area contributed by atoms with Crippen molar-refractivity contribution < 1.29 is 9.53 Å². The molecule has 1 heterocycles. The molecule has 140 valence electrons. The standard InChI is InChI=1S/C20H28N4O2/c1-17(2)24(15-18-6-4-3-5-7-18)16-19(14-21)20(25)22-8-9-23-10-12-26-13-11-23/h3-7,16-17H,8-13,15H2,1-2H3,(H,22,25)/b19-16-. The lowest BCUT2D eigenvalue weighted by atomic mass is 10.2. The van der Waals surface area contributed by atoms with Gasteiger partial charge in [0.25, 0.3) is 5.91 Å². The van der Waals surface area contributed by atoms with Crippen LogP contribution in [0.4, 0.5) is 0 Å². The molecule has 0 aliphatic carbocycles. The highest BCUT2D eigenvalue weighted by Gasteiger charge is 2.15. The van der Waals surface area contributed by atoms with Crippen LogP contribution in [0.3, 0.4) is 0 Å². The molecule has 1 aromatic carbocycles. The van der Waals surface area contributed by atoms with Crippen LogP contribution in [0.1, 0.15) is 19.4 Å². The number of morpholine rings is 1. The van der Waals surface area contributed by atoms with E-state index < -0.39 is 0 Å². The van der Waals surface area contributed by atoms with Crippen molar-refractivity contribution in [1.29, 1.82) is 5.26 Å². The molecule has 0 bridgehead atoms. The first-order valence-electron chi connectivity index (χ1n) is 9.10. The molecule has 0 saturated carbocycles. The van der Waals surface area contributed by atoms with Crippen LogP contribution in [0.2, 0.25) is 0 Å². The number of rotatable bonds is 8. The van der Waals surface area contributed by atoms with Crippen LogP contribution in [-0.2, 0) is 16.1 Å². The summed E-state index contributed by atoms with van der Waals surface area (Å²) < 4.78 is 5.31. The van der Waals surface area contributed by atoms with Gasteiger partial charge in [-0.2, -0.15) is 5.26 Å². The molecule has 6 nitrogen and oxygen atoms in total. The molecule has 26 heavy (non-hydrogen) atoms. The Morgan fingerprint density at radius 2 is 2.04 bits per heavy atom. The van der Waals surface area contributed by atoms with Crippen LogP contribution >= 0.6 is 0 Å². The Hall–Kier alpha value is -2.36. The van der Waals surface area contributed by atoms with E-state index in [1.165, 1.54) is 0 Å². The van der Waals surface area contributed by atoms with Gasteiger partial charge in [0.05, 0.1) is 13.2 Å². The van der Waals surface area contributed by atoms with Gasteiger partial charge < -0.3 is 15.0 Å². The maximum atomic E-state index is 12.4. The molecule has 1 saturated heterocycles. The first-order valence-corrected chi connectivity index (χ1v) is 9.10. The number of amides is 1. The summed E-state index contributed by atoms with van der Waals surface area (Å²) in [7, 11) is 0. The molecule has 0 atom stereocenters. The molecule has 0 aromatic heterocycles. The van der Waals surface area contributed by atoms with Crippen LogP contribution in [0.5, 0.6) is 0 Å². The molecule has 1 aliphatic heterocycles. The van der Waals surface area contributed by atoms with Gasteiger partial charge in [0.2, 0.25) is 0 Å². The number of carbonyl (C=O) groups is 1. The van der Waals surface area contributed by atoms with E-state index in [0.29, 0.717) is 13.1 Å². The Balaban J connectivity index is 1.92. The van der Waals surface area contributed by atoms with E-state index in [1.54, 1.807) is 6.20 Å². The fourth-order valence-corrected chi connectivity index (χ4v) is 2.72. The SMILES string of the molecule is CC(C)N(/C=C(/C#N)C(=O)NCCN1CCOCC1)Cc1ccccc1. The van der Waals surface area contributed by atoms with Crippen molar-refractivity contribution in [3.05, 3.63) is 47.7 Å². The number of nitrogens with one attached hydrogen (secondary N) is 1. The van der Waals surface area contributed by atoms with Crippen LogP contribution in [0.25, 0.3) is 0 Å². The van der Waals surface area contributed by atoms with Gasteiger partial charge in [-0.3, -0.25) is 9.69 Å². The van der Waals surface area contributed by atoms with Crippen LogP contribution in [0.15, 0.2) is 42.1 Å². The monoisotopic (exact) mass is 356 g/mol. The van der Waals surface area contributed by atoms with Crippen LogP contribution in [-0.4, -0.2) is 61.1 Å². The highest BCUT2D eigenvalue weighted by molar-refractivity contribution is 5.97. The maximum absolute atomic E-state index is 12.4. The van der Waals surface area contributed by atoms with Crippen LogP contribution in [0, 0.1) is 11.3 Å². The lowest BCUT2D eigenvalue weighted by molar-refractivity contribution is -0.117. The molecule has 1 aromatic rings. The predicted molar refractivity (Wildman–Crippen MR) is 101 cm³/mol. The number of carbonyl (C=O) groups excluding carboxylic acids is 1. The number of hydrogen-bond acceptors (Lipinski definition) is 5. The van der Waals surface area contributed by atoms with Crippen molar-refractivity contribution >= 4 is 5.91 Å². The minimum Gasteiger partial charge on any atom is -0.379 e. The van der Waals surface area contributed by atoms with Crippen molar-refractivity contribution in [3.63, 3.8) is 0 Å². The number of hydrogen-bond donors (Lipinski definition) is 1. The van der Waals surface area contributed by atoms with E-state index >= 15 is 0 Å². The molecule has 1 amide bonds. The summed E-state index contributed by atoms with van der Waals surface area (Å²) in [6.45, 7) is 9.29. The third-order valence-electron chi connectivity index (χ3n) is 4.35. The highest BCUT2D eigenvalue weighted by atomic mass is 16.5. The van der Waals surface area contributed by atoms with E-state index in [0.717, 1.165) is 38.4 Å². The fourth-order valence-electron chi connectivity index (χ4n) is 2.72. The van der Waals surface area contributed by atoms with E-state index in [9.17, 15) is 10.1 Å². The van der Waals surface area contributed by atoms with E-state index in [2.05, 4.69) is 10.2 Å². The van der Waals surface area contributed by atoms with Gasteiger partial charge in [0, 0.05) is 45.0 Å².